The molecule has 18 heavy (non-hydrogen) atoms. The van der Waals surface area contributed by atoms with Gasteiger partial charge in [0, 0.05) is 25.2 Å². The number of halogens is 1. The molecular weight excluding hydrogens is 227 g/mol. The Hall–Kier alpha value is -0.930. The van der Waals surface area contributed by atoms with Gasteiger partial charge in [0.1, 0.15) is 5.82 Å². The van der Waals surface area contributed by atoms with E-state index < -0.39 is 0 Å². The van der Waals surface area contributed by atoms with Crippen LogP contribution in [0.2, 0.25) is 0 Å². The molecular formula is C15H23FN2. The number of likely N-dealkylation sites (tertiary alicyclic amines) is 1. The molecule has 100 valence electrons. The zero-order valence-electron chi connectivity index (χ0n) is 11.3. The lowest BCUT2D eigenvalue weighted by molar-refractivity contribution is 0.0798. The molecule has 0 aromatic heterocycles. The Morgan fingerprint density at radius 2 is 1.94 bits per heavy atom. The fraction of sp³-hybridized carbons (Fsp3) is 0.600. The monoisotopic (exact) mass is 250 g/mol. The van der Waals surface area contributed by atoms with Gasteiger partial charge in [0.25, 0.3) is 0 Å². The van der Waals surface area contributed by atoms with E-state index in [4.69, 9.17) is 5.73 Å². The molecule has 1 fully saturated rings. The average Bonchev–Trinajstić information content (AvgIpc) is 2.37. The molecule has 0 amide bonds. The van der Waals surface area contributed by atoms with Crippen molar-refractivity contribution in [2.45, 2.75) is 38.8 Å². The first-order chi connectivity index (χ1) is 8.61. The summed E-state index contributed by atoms with van der Waals surface area (Å²) in [5, 5.41) is 0. The standard InChI is InChI=1S/C15H23FN2/c1-11-3-4-12(2)18(10-11)15(9-17)13-5-7-14(16)8-6-13/h5-8,11-12,15H,3-4,9-10,17H2,1-2H3. The highest BCUT2D eigenvalue weighted by Gasteiger charge is 2.29. The van der Waals surface area contributed by atoms with Gasteiger partial charge in [0.05, 0.1) is 0 Å². The molecule has 1 aliphatic heterocycles. The highest BCUT2D eigenvalue weighted by atomic mass is 19.1. The SMILES string of the molecule is CC1CCC(C)N(C(CN)c2ccc(F)cc2)C1. The van der Waals surface area contributed by atoms with Crippen LogP contribution < -0.4 is 5.73 Å². The summed E-state index contributed by atoms with van der Waals surface area (Å²) in [4.78, 5) is 2.47. The molecule has 0 bridgehead atoms. The average molecular weight is 250 g/mol. The van der Waals surface area contributed by atoms with Gasteiger partial charge >= 0.3 is 0 Å². The van der Waals surface area contributed by atoms with Crippen LogP contribution in [-0.2, 0) is 0 Å². The fourth-order valence-corrected chi connectivity index (χ4v) is 2.90. The molecule has 3 unspecified atom stereocenters. The molecule has 0 radical (unpaired) electrons. The Balaban J connectivity index is 2.19. The van der Waals surface area contributed by atoms with Crippen molar-refractivity contribution in [3.05, 3.63) is 35.6 Å². The van der Waals surface area contributed by atoms with Crippen LogP contribution in [0, 0.1) is 11.7 Å². The van der Waals surface area contributed by atoms with Gasteiger partial charge in [-0.3, -0.25) is 4.90 Å². The topological polar surface area (TPSA) is 29.3 Å². The number of piperidine rings is 1. The summed E-state index contributed by atoms with van der Waals surface area (Å²) in [5.74, 6) is 0.533. The van der Waals surface area contributed by atoms with Crippen LogP contribution in [0.15, 0.2) is 24.3 Å². The summed E-state index contributed by atoms with van der Waals surface area (Å²) < 4.78 is 13.0. The first-order valence-electron chi connectivity index (χ1n) is 6.83. The maximum Gasteiger partial charge on any atom is 0.123 e. The van der Waals surface area contributed by atoms with Gasteiger partial charge in [-0.15, -0.1) is 0 Å². The lowest BCUT2D eigenvalue weighted by atomic mass is 9.91. The molecule has 3 atom stereocenters. The minimum atomic E-state index is -0.186. The van der Waals surface area contributed by atoms with Gasteiger partial charge in [0.15, 0.2) is 0 Å². The predicted molar refractivity (Wildman–Crippen MR) is 72.8 cm³/mol. The van der Waals surface area contributed by atoms with Gasteiger partial charge in [-0.25, -0.2) is 4.39 Å². The quantitative estimate of drug-likeness (QED) is 0.893. The summed E-state index contributed by atoms with van der Waals surface area (Å²) in [6, 6.07) is 7.53. The minimum absolute atomic E-state index is 0.186. The maximum absolute atomic E-state index is 13.0. The Morgan fingerprint density at radius 1 is 1.28 bits per heavy atom. The zero-order valence-corrected chi connectivity index (χ0v) is 11.3. The number of rotatable bonds is 3. The van der Waals surface area contributed by atoms with Gasteiger partial charge in [-0.05, 0) is 43.4 Å². The first-order valence-corrected chi connectivity index (χ1v) is 6.83. The van der Waals surface area contributed by atoms with E-state index in [0.717, 1.165) is 18.0 Å². The molecule has 2 nitrogen and oxygen atoms in total. The Kier molecular flexibility index (Phi) is 4.36. The van der Waals surface area contributed by atoms with Crippen LogP contribution in [0.1, 0.15) is 38.3 Å². The number of hydrogen-bond donors (Lipinski definition) is 1. The molecule has 0 aliphatic carbocycles. The minimum Gasteiger partial charge on any atom is -0.329 e. The van der Waals surface area contributed by atoms with Crippen molar-refractivity contribution in [1.29, 1.82) is 0 Å². The van der Waals surface area contributed by atoms with E-state index in [1.165, 1.54) is 25.0 Å². The van der Waals surface area contributed by atoms with E-state index in [1.807, 2.05) is 12.1 Å². The summed E-state index contributed by atoms with van der Waals surface area (Å²) in [6.07, 6.45) is 2.51. The molecule has 2 rings (SSSR count). The van der Waals surface area contributed by atoms with Crippen molar-refractivity contribution in [3.8, 4) is 0 Å². The fourth-order valence-electron chi connectivity index (χ4n) is 2.90. The van der Waals surface area contributed by atoms with Crippen molar-refractivity contribution in [2.75, 3.05) is 13.1 Å². The molecule has 1 aromatic rings. The van der Waals surface area contributed by atoms with Crippen molar-refractivity contribution < 1.29 is 4.39 Å². The maximum atomic E-state index is 13.0. The first kappa shape index (κ1) is 13.5. The largest absolute Gasteiger partial charge is 0.329 e. The van der Waals surface area contributed by atoms with E-state index in [-0.39, 0.29) is 11.9 Å². The predicted octanol–water partition coefficient (Wildman–Crippen LogP) is 2.95. The van der Waals surface area contributed by atoms with Crippen LogP contribution in [0.3, 0.4) is 0 Å². The third-order valence-corrected chi connectivity index (χ3v) is 4.04. The van der Waals surface area contributed by atoms with Crippen LogP contribution >= 0.6 is 0 Å². The van der Waals surface area contributed by atoms with E-state index in [9.17, 15) is 4.39 Å². The highest BCUT2D eigenvalue weighted by Crippen LogP contribution is 2.30. The van der Waals surface area contributed by atoms with Crippen molar-refractivity contribution in [3.63, 3.8) is 0 Å². The second-order valence-electron chi connectivity index (χ2n) is 5.53. The van der Waals surface area contributed by atoms with E-state index in [0.29, 0.717) is 12.6 Å². The Bertz CT molecular complexity index is 377. The van der Waals surface area contributed by atoms with Gasteiger partial charge in [-0.2, -0.15) is 0 Å². The molecule has 0 spiro atoms. The van der Waals surface area contributed by atoms with Crippen molar-refractivity contribution >= 4 is 0 Å². The van der Waals surface area contributed by atoms with Crippen LogP contribution in [-0.4, -0.2) is 24.0 Å². The second-order valence-corrected chi connectivity index (χ2v) is 5.53. The molecule has 0 saturated carbocycles. The highest BCUT2D eigenvalue weighted by molar-refractivity contribution is 5.20. The summed E-state index contributed by atoms with van der Waals surface area (Å²) >= 11 is 0. The van der Waals surface area contributed by atoms with Crippen molar-refractivity contribution in [1.82, 2.24) is 4.90 Å². The number of nitrogens with two attached hydrogens (primary N) is 1. The molecule has 2 N–H and O–H groups in total. The molecule has 1 aliphatic rings. The molecule has 1 saturated heterocycles. The third-order valence-electron chi connectivity index (χ3n) is 4.04. The summed E-state index contributed by atoms with van der Waals surface area (Å²) in [5.41, 5.74) is 7.07. The van der Waals surface area contributed by atoms with E-state index in [2.05, 4.69) is 18.7 Å². The van der Waals surface area contributed by atoms with Crippen LogP contribution in [0.5, 0.6) is 0 Å². The second kappa shape index (κ2) is 5.81. The molecule has 3 heteroatoms. The molecule has 1 aromatic carbocycles. The van der Waals surface area contributed by atoms with Gasteiger partial charge in [0.2, 0.25) is 0 Å². The number of hydrogen-bond acceptors (Lipinski definition) is 2. The van der Waals surface area contributed by atoms with Crippen molar-refractivity contribution in [2.24, 2.45) is 11.7 Å². The molecule has 1 heterocycles. The van der Waals surface area contributed by atoms with Gasteiger partial charge in [-0.1, -0.05) is 19.1 Å². The van der Waals surface area contributed by atoms with E-state index in [1.54, 1.807) is 0 Å². The van der Waals surface area contributed by atoms with Crippen LogP contribution in [0.25, 0.3) is 0 Å². The Morgan fingerprint density at radius 3 is 2.56 bits per heavy atom. The normalized spacial score (nSPS) is 27.1. The Labute approximate surface area is 109 Å². The van der Waals surface area contributed by atoms with Gasteiger partial charge < -0.3 is 5.73 Å². The summed E-state index contributed by atoms with van der Waals surface area (Å²) in [7, 11) is 0. The zero-order chi connectivity index (χ0) is 13.1. The summed E-state index contributed by atoms with van der Waals surface area (Å²) in [6.45, 7) is 6.22. The smallest absolute Gasteiger partial charge is 0.123 e. The van der Waals surface area contributed by atoms with E-state index >= 15 is 0 Å². The number of nitrogens with zero attached hydrogens (tertiary/aromatic N) is 1. The lowest BCUT2D eigenvalue weighted by Crippen LogP contribution is -2.45. The number of benzene rings is 1. The van der Waals surface area contributed by atoms with Crippen LogP contribution in [0.4, 0.5) is 4.39 Å². The lowest BCUT2D eigenvalue weighted by Gasteiger charge is -2.42. The third kappa shape index (κ3) is 2.90.